The second-order valence-electron chi connectivity index (χ2n) is 9.06. The van der Waals surface area contributed by atoms with Gasteiger partial charge in [0.15, 0.2) is 0 Å². The second-order valence-corrected chi connectivity index (χ2v) is 9.06. The maximum Gasteiger partial charge on any atom is 0.222 e. The van der Waals surface area contributed by atoms with Gasteiger partial charge >= 0.3 is 0 Å². The number of amides is 2. The summed E-state index contributed by atoms with van der Waals surface area (Å²) in [5.74, 6) is 0.479. The number of likely N-dealkylation sites (tertiary alicyclic amines) is 1. The van der Waals surface area contributed by atoms with E-state index < -0.39 is 0 Å². The Morgan fingerprint density at radius 2 is 1.83 bits per heavy atom. The molecule has 1 unspecified atom stereocenters. The molecule has 2 amide bonds. The summed E-state index contributed by atoms with van der Waals surface area (Å²) in [5.41, 5.74) is 1.15. The van der Waals surface area contributed by atoms with Gasteiger partial charge < -0.3 is 14.5 Å². The molecule has 5 heteroatoms. The number of hydrogen-bond acceptors (Lipinski definition) is 3. The van der Waals surface area contributed by atoms with Crippen LogP contribution in [0.3, 0.4) is 0 Å². The zero-order valence-corrected chi connectivity index (χ0v) is 17.6. The van der Waals surface area contributed by atoms with Crippen molar-refractivity contribution in [1.29, 1.82) is 0 Å². The third-order valence-corrected chi connectivity index (χ3v) is 6.89. The average molecular weight is 399 g/mol. The number of ether oxygens (including phenoxy) is 1. The van der Waals surface area contributed by atoms with Crippen molar-refractivity contribution in [2.45, 2.75) is 82.4 Å². The Labute approximate surface area is 174 Å². The van der Waals surface area contributed by atoms with Gasteiger partial charge in [-0.3, -0.25) is 9.59 Å². The molecule has 158 valence electrons. The monoisotopic (exact) mass is 398 g/mol. The van der Waals surface area contributed by atoms with E-state index in [0.29, 0.717) is 18.5 Å². The summed E-state index contributed by atoms with van der Waals surface area (Å²) in [6.45, 7) is 3.99. The zero-order valence-electron chi connectivity index (χ0n) is 17.6. The number of nitrogens with zero attached hydrogens (tertiary/aromatic N) is 2. The number of aryl methyl sites for hydroxylation is 1. The van der Waals surface area contributed by atoms with Crippen molar-refractivity contribution in [3.05, 3.63) is 35.9 Å². The second kappa shape index (κ2) is 8.86. The van der Waals surface area contributed by atoms with Gasteiger partial charge in [-0.2, -0.15) is 0 Å². The molecule has 4 rings (SSSR count). The molecule has 0 N–H and O–H groups in total. The van der Waals surface area contributed by atoms with Gasteiger partial charge in [0.1, 0.15) is 0 Å². The molecule has 3 fully saturated rings. The highest BCUT2D eigenvalue weighted by Crippen LogP contribution is 2.40. The van der Waals surface area contributed by atoms with Gasteiger partial charge in [0, 0.05) is 45.1 Å². The topological polar surface area (TPSA) is 49.9 Å². The van der Waals surface area contributed by atoms with Crippen LogP contribution >= 0.6 is 0 Å². The highest BCUT2D eigenvalue weighted by molar-refractivity contribution is 5.76. The van der Waals surface area contributed by atoms with E-state index in [1.807, 2.05) is 11.0 Å². The number of rotatable bonds is 6. The van der Waals surface area contributed by atoms with Gasteiger partial charge in [-0.05, 0) is 56.9 Å². The molecule has 1 spiro atoms. The molecule has 2 saturated heterocycles. The minimum Gasteiger partial charge on any atom is -0.375 e. The van der Waals surface area contributed by atoms with Crippen LogP contribution in [-0.4, -0.2) is 59.0 Å². The Kier molecular flexibility index (Phi) is 6.23. The molecule has 0 radical (unpaired) electrons. The molecule has 29 heavy (non-hydrogen) atoms. The summed E-state index contributed by atoms with van der Waals surface area (Å²) in [4.78, 5) is 29.0. The van der Waals surface area contributed by atoms with Crippen LogP contribution in [0.1, 0.15) is 63.9 Å². The van der Waals surface area contributed by atoms with E-state index in [0.717, 1.165) is 71.1 Å². The van der Waals surface area contributed by atoms with Crippen molar-refractivity contribution in [3.8, 4) is 0 Å². The third kappa shape index (κ3) is 5.00. The highest BCUT2D eigenvalue weighted by Gasteiger charge is 2.45. The molecule has 1 aromatic rings. The van der Waals surface area contributed by atoms with E-state index in [1.165, 1.54) is 5.56 Å². The maximum atomic E-state index is 12.7. The van der Waals surface area contributed by atoms with Crippen molar-refractivity contribution < 1.29 is 14.3 Å². The number of piperidine rings is 1. The van der Waals surface area contributed by atoms with Gasteiger partial charge in [0.05, 0.1) is 5.60 Å². The first-order valence-electron chi connectivity index (χ1n) is 11.3. The van der Waals surface area contributed by atoms with Crippen LogP contribution in [0, 0.1) is 0 Å². The van der Waals surface area contributed by atoms with Crippen LogP contribution < -0.4 is 0 Å². The van der Waals surface area contributed by atoms with Crippen LogP contribution in [0.5, 0.6) is 0 Å². The molecule has 1 aliphatic carbocycles. The van der Waals surface area contributed by atoms with E-state index in [4.69, 9.17) is 4.74 Å². The molecule has 0 bridgehead atoms. The lowest BCUT2D eigenvalue weighted by Gasteiger charge is -2.48. The molecule has 5 nitrogen and oxygen atoms in total. The summed E-state index contributed by atoms with van der Waals surface area (Å²) in [6, 6.07) is 11.1. The van der Waals surface area contributed by atoms with Crippen LogP contribution in [0.2, 0.25) is 0 Å². The maximum absolute atomic E-state index is 12.7. The standard InChI is InChI=1S/C24H34N2O3/c1-19(27)26(21-10-11-21)22-12-17-29-24(18-22)13-15-25(16-14-24)23(28)9-5-8-20-6-3-2-4-7-20/h2-4,6-7,21-22H,5,8-18H2,1H3. The van der Waals surface area contributed by atoms with Crippen LogP contribution in [0.4, 0.5) is 0 Å². The first kappa shape index (κ1) is 20.4. The highest BCUT2D eigenvalue weighted by atomic mass is 16.5. The smallest absolute Gasteiger partial charge is 0.222 e. The van der Waals surface area contributed by atoms with Gasteiger partial charge in [-0.1, -0.05) is 30.3 Å². The van der Waals surface area contributed by atoms with Gasteiger partial charge in [0.2, 0.25) is 11.8 Å². The fourth-order valence-corrected chi connectivity index (χ4v) is 5.16. The summed E-state index contributed by atoms with van der Waals surface area (Å²) < 4.78 is 6.26. The fourth-order valence-electron chi connectivity index (χ4n) is 5.16. The largest absolute Gasteiger partial charge is 0.375 e. The molecule has 1 atom stereocenters. The summed E-state index contributed by atoms with van der Waals surface area (Å²) in [7, 11) is 0. The molecule has 1 saturated carbocycles. The SMILES string of the molecule is CC(=O)N(C1CC1)C1CCOC2(CCN(C(=O)CCCc3ccccc3)CC2)C1. The van der Waals surface area contributed by atoms with Crippen LogP contribution in [0.15, 0.2) is 30.3 Å². The first-order valence-corrected chi connectivity index (χ1v) is 11.3. The molecule has 0 aromatic heterocycles. The Balaban J connectivity index is 1.25. The Morgan fingerprint density at radius 1 is 1.10 bits per heavy atom. The summed E-state index contributed by atoms with van der Waals surface area (Å²) in [5, 5.41) is 0. The lowest BCUT2D eigenvalue weighted by Crippen LogP contribution is -2.55. The number of benzene rings is 1. The quantitative estimate of drug-likeness (QED) is 0.736. The number of carbonyl (C=O) groups excluding carboxylic acids is 2. The lowest BCUT2D eigenvalue weighted by atomic mass is 9.81. The van der Waals surface area contributed by atoms with Gasteiger partial charge in [0.25, 0.3) is 0 Å². The van der Waals surface area contributed by atoms with Crippen molar-refractivity contribution in [3.63, 3.8) is 0 Å². The molecule has 1 aromatic carbocycles. The fraction of sp³-hybridized carbons (Fsp3) is 0.667. The van der Waals surface area contributed by atoms with E-state index in [9.17, 15) is 9.59 Å². The van der Waals surface area contributed by atoms with E-state index in [2.05, 4.69) is 29.2 Å². The molecule has 2 heterocycles. The number of carbonyl (C=O) groups is 2. The van der Waals surface area contributed by atoms with E-state index in [-0.39, 0.29) is 17.4 Å². The number of hydrogen-bond donors (Lipinski definition) is 0. The summed E-state index contributed by atoms with van der Waals surface area (Å²) in [6.07, 6.45) is 8.43. The molecular weight excluding hydrogens is 364 g/mol. The molecular formula is C24H34N2O3. The van der Waals surface area contributed by atoms with Crippen molar-refractivity contribution in [2.24, 2.45) is 0 Å². The van der Waals surface area contributed by atoms with E-state index >= 15 is 0 Å². The minimum atomic E-state index is -0.147. The van der Waals surface area contributed by atoms with Crippen molar-refractivity contribution in [2.75, 3.05) is 19.7 Å². The van der Waals surface area contributed by atoms with Gasteiger partial charge in [-0.25, -0.2) is 0 Å². The van der Waals surface area contributed by atoms with Crippen molar-refractivity contribution >= 4 is 11.8 Å². The zero-order chi connectivity index (χ0) is 20.3. The third-order valence-electron chi connectivity index (χ3n) is 6.89. The Hall–Kier alpha value is -1.88. The van der Waals surface area contributed by atoms with Crippen molar-refractivity contribution in [1.82, 2.24) is 9.80 Å². The van der Waals surface area contributed by atoms with Crippen LogP contribution in [0.25, 0.3) is 0 Å². The lowest BCUT2D eigenvalue weighted by molar-refractivity contribution is -0.155. The first-order chi connectivity index (χ1) is 14.1. The predicted octanol–water partition coefficient (Wildman–Crippen LogP) is 3.56. The Morgan fingerprint density at radius 3 is 2.48 bits per heavy atom. The normalized spacial score (nSPS) is 23.8. The summed E-state index contributed by atoms with van der Waals surface area (Å²) >= 11 is 0. The molecule has 2 aliphatic heterocycles. The average Bonchev–Trinajstić information content (AvgIpc) is 3.54. The van der Waals surface area contributed by atoms with Gasteiger partial charge in [-0.15, -0.1) is 0 Å². The minimum absolute atomic E-state index is 0.147. The predicted molar refractivity (Wildman–Crippen MR) is 112 cm³/mol. The van der Waals surface area contributed by atoms with E-state index in [1.54, 1.807) is 6.92 Å². The van der Waals surface area contributed by atoms with Crippen LogP contribution in [-0.2, 0) is 20.7 Å². The molecule has 3 aliphatic rings. The Bertz CT molecular complexity index is 708.